The van der Waals surface area contributed by atoms with Crippen LogP contribution in [0.3, 0.4) is 0 Å². The Morgan fingerprint density at radius 1 is 0.274 bits per heavy atom. The van der Waals surface area contributed by atoms with E-state index >= 15 is 0 Å². The molecule has 292 valence electrons. The number of hydrogen-bond donors (Lipinski definition) is 0. The minimum absolute atomic E-state index is 0.118. The lowest BCUT2D eigenvalue weighted by atomic mass is 9.55. The Hall–Kier alpha value is -7.61. The highest BCUT2D eigenvalue weighted by atomic mass is 14.7. The quantitative estimate of drug-likeness (QED) is 0.169. The summed E-state index contributed by atoms with van der Waals surface area (Å²) in [6.45, 7) is 4.77. The van der Waals surface area contributed by atoms with Gasteiger partial charge in [0.25, 0.3) is 0 Å². The van der Waals surface area contributed by atoms with Gasteiger partial charge in [-0.05, 0) is 107 Å². The summed E-state index contributed by atoms with van der Waals surface area (Å²) in [6.07, 6.45) is 0. The molecule has 0 radical (unpaired) electrons. The fourth-order valence-corrected chi connectivity index (χ4v) is 10.9. The van der Waals surface area contributed by atoms with Gasteiger partial charge in [0.05, 0.1) is 16.8 Å². The maximum atomic E-state index is 5.19. The molecule has 1 nitrogen and oxygen atoms in total. The van der Waals surface area contributed by atoms with Gasteiger partial charge in [-0.15, -0.1) is 0 Å². The van der Waals surface area contributed by atoms with Crippen molar-refractivity contribution >= 4 is 10.8 Å². The molecule has 0 amide bonds. The molecule has 0 bridgehead atoms. The second kappa shape index (κ2) is 14.0. The maximum Gasteiger partial charge on any atom is 0.0719 e. The molecule has 0 saturated heterocycles. The predicted molar refractivity (Wildman–Crippen MR) is 258 cm³/mol. The molecule has 9 aromatic carbocycles. The van der Waals surface area contributed by atoms with Crippen LogP contribution in [0.2, 0.25) is 0 Å². The SMILES string of the molecule is CC1(C)c2ccccc2C2(c3ccccc3-c3cc(-c4ccc(-c5ccc(-c6cc(-c7ccccc7)cc(-c7ccccc7)n6)cc5)c5ccccc45)ccc32)c2ccccc21. The first-order valence-electron chi connectivity index (χ1n) is 21.7. The van der Waals surface area contributed by atoms with E-state index in [0.717, 1.165) is 28.1 Å². The van der Waals surface area contributed by atoms with Crippen LogP contribution in [0.25, 0.3) is 77.8 Å². The van der Waals surface area contributed by atoms with E-state index in [9.17, 15) is 0 Å². The van der Waals surface area contributed by atoms with Crippen LogP contribution in [0.1, 0.15) is 47.2 Å². The van der Waals surface area contributed by atoms with Crippen molar-refractivity contribution in [1.29, 1.82) is 0 Å². The zero-order valence-corrected chi connectivity index (χ0v) is 34.8. The van der Waals surface area contributed by atoms with Crippen LogP contribution in [-0.2, 0) is 10.8 Å². The van der Waals surface area contributed by atoms with Crippen LogP contribution in [0, 0.1) is 0 Å². The molecule has 0 unspecified atom stereocenters. The molecule has 12 rings (SSSR count). The van der Waals surface area contributed by atoms with Crippen molar-refractivity contribution in [3.05, 3.63) is 258 Å². The molecule has 0 atom stereocenters. The van der Waals surface area contributed by atoms with Gasteiger partial charge in [0.15, 0.2) is 0 Å². The van der Waals surface area contributed by atoms with Gasteiger partial charge >= 0.3 is 0 Å². The van der Waals surface area contributed by atoms with Gasteiger partial charge in [-0.2, -0.15) is 0 Å². The van der Waals surface area contributed by atoms with Crippen molar-refractivity contribution in [3.8, 4) is 67.0 Å². The Labute approximate surface area is 363 Å². The normalized spacial score (nSPS) is 13.9. The number of fused-ring (bicyclic) bond motifs is 10. The summed E-state index contributed by atoms with van der Waals surface area (Å²) in [5.74, 6) is 0. The lowest BCUT2D eigenvalue weighted by Crippen LogP contribution is -2.40. The first-order chi connectivity index (χ1) is 30.5. The summed E-state index contributed by atoms with van der Waals surface area (Å²) in [5, 5.41) is 2.48. The molecule has 0 N–H and O–H groups in total. The van der Waals surface area contributed by atoms with Crippen LogP contribution in [-0.4, -0.2) is 4.98 Å². The Morgan fingerprint density at radius 3 is 1.32 bits per heavy atom. The Kier molecular flexibility index (Phi) is 8.17. The largest absolute Gasteiger partial charge is 0.248 e. The van der Waals surface area contributed by atoms with Gasteiger partial charge in [0.1, 0.15) is 0 Å². The highest BCUT2D eigenvalue weighted by Gasteiger charge is 2.53. The van der Waals surface area contributed by atoms with Crippen LogP contribution in [0.4, 0.5) is 0 Å². The van der Waals surface area contributed by atoms with E-state index in [0.29, 0.717) is 0 Å². The summed E-state index contributed by atoms with van der Waals surface area (Å²) in [5.41, 5.74) is 21.7. The van der Waals surface area contributed by atoms with E-state index in [2.05, 4.69) is 238 Å². The molecule has 10 aromatic rings. The molecule has 1 aromatic heterocycles. The van der Waals surface area contributed by atoms with E-state index in [1.807, 2.05) is 0 Å². The van der Waals surface area contributed by atoms with Gasteiger partial charge in [-0.25, -0.2) is 4.98 Å². The number of rotatable bonds is 5. The zero-order valence-electron chi connectivity index (χ0n) is 34.8. The molecule has 0 fully saturated rings. The fraction of sp³-hybridized carbons (Fsp3) is 0.0656. The van der Waals surface area contributed by atoms with Gasteiger partial charge in [0, 0.05) is 16.5 Å². The lowest BCUT2D eigenvalue weighted by Gasteiger charge is -2.46. The van der Waals surface area contributed by atoms with E-state index in [1.165, 1.54) is 83.1 Å². The predicted octanol–water partition coefficient (Wildman–Crippen LogP) is 15.6. The maximum absolute atomic E-state index is 5.19. The standard InChI is InChI=1S/C61H43N/c1-60(2)54-25-13-15-27-56(54)61(57-28-16-14-26-55(57)60)52-24-12-11-23-50(52)51-37-44(33-36-53(51)61)47-35-34-46(48-21-9-10-22-49(47)48)41-29-31-43(32-30-41)59-39-45(40-17-5-3-6-18-40)38-58(62-59)42-19-7-4-8-20-42/h3-39H,1-2H3. The monoisotopic (exact) mass is 789 g/mol. The van der Waals surface area contributed by atoms with Crippen LogP contribution in [0.5, 0.6) is 0 Å². The van der Waals surface area contributed by atoms with E-state index in [1.54, 1.807) is 0 Å². The smallest absolute Gasteiger partial charge is 0.0719 e. The highest BCUT2D eigenvalue weighted by molar-refractivity contribution is 6.06. The Balaban J connectivity index is 0.963. The van der Waals surface area contributed by atoms with E-state index < -0.39 is 5.41 Å². The van der Waals surface area contributed by atoms with Crippen molar-refractivity contribution in [3.63, 3.8) is 0 Å². The molecular formula is C61H43N. The van der Waals surface area contributed by atoms with Crippen LogP contribution < -0.4 is 0 Å². The molecular weight excluding hydrogens is 747 g/mol. The van der Waals surface area contributed by atoms with E-state index in [-0.39, 0.29) is 5.41 Å². The fourth-order valence-electron chi connectivity index (χ4n) is 10.9. The Bertz CT molecular complexity index is 3250. The highest BCUT2D eigenvalue weighted by Crippen LogP contribution is 2.62. The molecule has 1 heterocycles. The van der Waals surface area contributed by atoms with Crippen molar-refractivity contribution in [2.75, 3.05) is 0 Å². The summed E-state index contributed by atoms with van der Waals surface area (Å²) in [4.78, 5) is 5.19. The van der Waals surface area contributed by atoms with E-state index in [4.69, 9.17) is 4.98 Å². The summed E-state index contributed by atoms with van der Waals surface area (Å²) in [7, 11) is 0. The first-order valence-corrected chi connectivity index (χ1v) is 21.7. The zero-order chi connectivity index (χ0) is 41.4. The van der Waals surface area contributed by atoms with Crippen LogP contribution in [0.15, 0.2) is 224 Å². The third kappa shape index (κ3) is 5.38. The number of hydrogen-bond acceptors (Lipinski definition) is 1. The Morgan fingerprint density at radius 2 is 0.710 bits per heavy atom. The lowest BCUT2D eigenvalue weighted by molar-refractivity contribution is 0.563. The third-order valence-corrected chi connectivity index (χ3v) is 13.8. The molecule has 1 heteroatoms. The minimum Gasteiger partial charge on any atom is -0.248 e. The van der Waals surface area contributed by atoms with Crippen molar-refractivity contribution in [1.82, 2.24) is 4.98 Å². The van der Waals surface area contributed by atoms with Crippen LogP contribution >= 0.6 is 0 Å². The summed E-state index contributed by atoms with van der Waals surface area (Å²) in [6, 6.07) is 82.7. The second-order valence-corrected chi connectivity index (χ2v) is 17.4. The first kappa shape index (κ1) is 36.3. The molecule has 0 saturated carbocycles. The number of aromatic nitrogens is 1. The molecule has 1 spiro atoms. The van der Waals surface area contributed by atoms with Gasteiger partial charge in [-0.3, -0.25) is 0 Å². The average molecular weight is 790 g/mol. The molecule has 2 aliphatic carbocycles. The third-order valence-electron chi connectivity index (χ3n) is 13.8. The van der Waals surface area contributed by atoms with Gasteiger partial charge < -0.3 is 0 Å². The average Bonchev–Trinajstić information content (AvgIpc) is 3.63. The molecule has 62 heavy (non-hydrogen) atoms. The minimum atomic E-state index is -0.396. The molecule has 2 aliphatic rings. The second-order valence-electron chi connectivity index (χ2n) is 17.4. The number of nitrogens with zero attached hydrogens (tertiary/aromatic N) is 1. The number of benzene rings is 9. The van der Waals surface area contributed by atoms with Crippen molar-refractivity contribution in [2.24, 2.45) is 0 Å². The molecule has 0 aliphatic heterocycles. The van der Waals surface area contributed by atoms with Crippen molar-refractivity contribution < 1.29 is 0 Å². The summed E-state index contributed by atoms with van der Waals surface area (Å²) < 4.78 is 0. The summed E-state index contributed by atoms with van der Waals surface area (Å²) >= 11 is 0. The topological polar surface area (TPSA) is 12.9 Å². The van der Waals surface area contributed by atoms with Crippen molar-refractivity contribution in [2.45, 2.75) is 24.7 Å². The van der Waals surface area contributed by atoms with Gasteiger partial charge in [-0.1, -0.05) is 220 Å². The van der Waals surface area contributed by atoms with Gasteiger partial charge in [0.2, 0.25) is 0 Å². The number of pyridine rings is 1.